The van der Waals surface area contributed by atoms with E-state index < -0.39 is 0 Å². The molecule has 0 saturated carbocycles. The Balaban J connectivity index is 3.14. The second kappa shape index (κ2) is 19.3. The highest BCUT2D eigenvalue weighted by atomic mass is 16.5. The normalized spacial score (nSPS) is 11.2. The van der Waals surface area contributed by atoms with E-state index in [2.05, 4.69) is 26.0 Å². The van der Waals surface area contributed by atoms with Gasteiger partial charge in [-0.1, -0.05) is 83.8 Å². The van der Waals surface area contributed by atoms with Gasteiger partial charge in [-0.25, -0.2) is 0 Å². The van der Waals surface area contributed by atoms with Crippen LogP contribution in [-0.4, -0.2) is 12.6 Å². The fraction of sp³-hybridized carbons (Fsp3) is 0.857. The molecule has 0 radical (unpaired) electrons. The number of carbonyl (C=O) groups is 1. The van der Waals surface area contributed by atoms with E-state index in [0.717, 1.165) is 19.3 Å². The molecular weight excluding hydrogens is 284 g/mol. The molecule has 0 aliphatic carbocycles. The van der Waals surface area contributed by atoms with Crippen LogP contribution in [0.1, 0.15) is 110 Å². The van der Waals surface area contributed by atoms with Crippen molar-refractivity contribution in [3.8, 4) is 0 Å². The monoisotopic (exact) mass is 324 g/mol. The first-order chi connectivity index (χ1) is 11.3. The summed E-state index contributed by atoms with van der Waals surface area (Å²) in [5.41, 5.74) is 0. The summed E-state index contributed by atoms with van der Waals surface area (Å²) in [7, 11) is 0. The molecule has 0 heterocycles. The highest BCUT2D eigenvalue weighted by Gasteiger charge is 2.02. The van der Waals surface area contributed by atoms with Crippen molar-refractivity contribution >= 4 is 5.97 Å². The predicted octanol–water partition coefficient (Wildman–Crippen LogP) is 6.98. The van der Waals surface area contributed by atoms with Gasteiger partial charge >= 0.3 is 5.97 Å². The van der Waals surface area contributed by atoms with Crippen molar-refractivity contribution in [1.82, 2.24) is 0 Å². The van der Waals surface area contributed by atoms with E-state index in [1.165, 1.54) is 70.6 Å². The molecule has 2 nitrogen and oxygen atoms in total. The number of hydrogen-bond acceptors (Lipinski definition) is 2. The van der Waals surface area contributed by atoms with E-state index in [1.807, 2.05) is 0 Å². The van der Waals surface area contributed by atoms with Crippen molar-refractivity contribution in [3.05, 3.63) is 12.2 Å². The minimum absolute atomic E-state index is 0.00256. The van der Waals surface area contributed by atoms with Gasteiger partial charge in [0.2, 0.25) is 0 Å². The zero-order valence-electron chi connectivity index (χ0n) is 15.8. The molecule has 0 aromatic carbocycles. The van der Waals surface area contributed by atoms with Gasteiger partial charge in [0.15, 0.2) is 0 Å². The van der Waals surface area contributed by atoms with E-state index >= 15 is 0 Å². The lowest BCUT2D eigenvalue weighted by Gasteiger charge is -2.04. The summed E-state index contributed by atoms with van der Waals surface area (Å²) in [5, 5.41) is 0. The quantitative estimate of drug-likeness (QED) is 0.164. The highest BCUT2D eigenvalue weighted by Crippen LogP contribution is 2.11. The van der Waals surface area contributed by atoms with Crippen molar-refractivity contribution in [2.24, 2.45) is 0 Å². The maximum absolute atomic E-state index is 11.5. The molecule has 0 fully saturated rings. The van der Waals surface area contributed by atoms with Crippen molar-refractivity contribution in [2.45, 2.75) is 110 Å². The van der Waals surface area contributed by atoms with Gasteiger partial charge < -0.3 is 4.74 Å². The van der Waals surface area contributed by atoms with Gasteiger partial charge in [-0.05, 0) is 32.1 Å². The molecule has 23 heavy (non-hydrogen) atoms. The third-order valence-corrected chi connectivity index (χ3v) is 4.13. The number of hydrogen-bond donors (Lipinski definition) is 0. The largest absolute Gasteiger partial charge is 0.466 e. The second-order valence-electron chi connectivity index (χ2n) is 6.55. The van der Waals surface area contributed by atoms with Gasteiger partial charge in [0.05, 0.1) is 6.61 Å². The van der Waals surface area contributed by atoms with Crippen LogP contribution in [0.5, 0.6) is 0 Å². The first-order valence-corrected chi connectivity index (χ1v) is 10.1. The fourth-order valence-electron chi connectivity index (χ4n) is 2.60. The Labute approximate surface area is 145 Å². The first-order valence-electron chi connectivity index (χ1n) is 10.1. The Hall–Kier alpha value is -0.790. The minimum Gasteiger partial charge on any atom is -0.466 e. The molecule has 0 aliphatic heterocycles. The van der Waals surface area contributed by atoms with E-state index in [9.17, 15) is 4.79 Å². The Morgan fingerprint density at radius 2 is 1.30 bits per heavy atom. The van der Waals surface area contributed by atoms with Crippen LogP contribution in [0.4, 0.5) is 0 Å². The third kappa shape index (κ3) is 19.2. The summed E-state index contributed by atoms with van der Waals surface area (Å²) >= 11 is 0. The van der Waals surface area contributed by atoms with Gasteiger partial charge in [-0.3, -0.25) is 4.79 Å². The summed E-state index contributed by atoms with van der Waals surface area (Å²) in [6.07, 6.45) is 22.5. The molecule has 0 amide bonds. The van der Waals surface area contributed by atoms with Crippen LogP contribution in [0.2, 0.25) is 0 Å². The molecule has 0 spiro atoms. The Bertz CT molecular complexity index is 271. The van der Waals surface area contributed by atoms with Gasteiger partial charge in [-0.2, -0.15) is 0 Å². The molecule has 0 rings (SSSR count). The Morgan fingerprint density at radius 3 is 1.96 bits per heavy atom. The van der Waals surface area contributed by atoms with E-state index in [0.29, 0.717) is 13.0 Å². The molecule has 0 bridgehead atoms. The summed E-state index contributed by atoms with van der Waals surface area (Å²) in [6, 6.07) is 0. The van der Waals surface area contributed by atoms with Crippen molar-refractivity contribution in [3.63, 3.8) is 0 Å². The third-order valence-electron chi connectivity index (χ3n) is 4.13. The van der Waals surface area contributed by atoms with Crippen LogP contribution in [-0.2, 0) is 9.53 Å². The van der Waals surface area contributed by atoms with Crippen LogP contribution in [0.15, 0.2) is 12.2 Å². The lowest BCUT2D eigenvalue weighted by molar-refractivity contribution is -0.143. The number of esters is 1. The number of allylic oxidation sites excluding steroid dienone is 2. The zero-order chi connectivity index (χ0) is 17.0. The SMILES string of the molecule is CCC/C=C/CCCCCCCCCCC(=O)OCCCCC. The Kier molecular flexibility index (Phi) is 18.6. The van der Waals surface area contributed by atoms with Crippen molar-refractivity contribution < 1.29 is 9.53 Å². The molecule has 0 atom stereocenters. The Morgan fingerprint density at radius 1 is 0.696 bits per heavy atom. The lowest BCUT2D eigenvalue weighted by atomic mass is 10.1. The van der Waals surface area contributed by atoms with Crippen LogP contribution in [0.25, 0.3) is 0 Å². The van der Waals surface area contributed by atoms with E-state index in [-0.39, 0.29) is 5.97 Å². The maximum Gasteiger partial charge on any atom is 0.305 e. The number of rotatable bonds is 17. The molecule has 0 unspecified atom stereocenters. The molecule has 0 aromatic rings. The van der Waals surface area contributed by atoms with Gasteiger partial charge in [0.25, 0.3) is 0 Å². The van der Waals surface area contributed by atoms with Gasteiger partial charge in [0, 0.05) is 6.42 Å². The van der Waals surface area contributed by atoms with Crippen molar-refractivity contribution in [2.75, 3.05) is 6.61 Å². The van der Waals surface area contributed by atoms with E-state index in [4.69, 9.17) is 4.74 Å². The van der Waals surface area contributed by atoms with E-state index in [1.54, 1.807) is 0 Å². The smallest absolute Gasteiger partial charge is 0.305 e. The number of unbranched alkanes of at least 4 members (excludes halogenated alkanes) is 11. The molecule has 0 N–H and O–H groups in total. The molecule has 2 heteroatoms. The van der Waals surface area contributed by atoms with Crippen LogP contribution in [0, 0.1) is 0 Å². The first kappa shape index (κ1) is 22.2. The average Bonchev–Trinajstić information content (AvgIpc) is 2.56. The van der Waals surface area contributed by atoms with Crippen LogP contribution in [0.3, 0.4) is 0 Å². The fourth-order valence-corrected chi connectivity index (χ4v) is 2.60. The number of carbonyl (C=O) groups excluding carboxylic acids is 1. The van der Waals surface area contributed by atoms with Crippen LogP contribution >= 0.6 is 0 Å². The topological polar surface area (TPSA) is 26.3 Å². The molecular formula is C21H40O2. The standard InChI is InChI=1S/C21H40O2/c1-3-5-7-8-9-10-11-12-13-14-15-16-17-19-21(22)23-20-18-6-4-2/h7-8H,3-6,9-20H2,1-2H3/b8-7+. The summed E-state index contributed by atoms with van der Waals surface area (Å²) in [4.78, 5) is 11.5. The molecule has 0 saturated heterocycles. The average molecular weight is 325 g/mol. The molecule has 136 valence electrons. The summed E-state index contributed by atoms with van der Waals surface area (Å²) < 4.78 is 5.21. The summed E-state index contributed by atoms with van der Waals surface area (Å²) in [6.45, 7) is 4.99. The van der Waals surface area contributed by atoms with Crippen molar-refractivity contribution in [1.29, 1.82) is 0 Å². The second-order valence-corrected chi connectivity index (χ2v) is 6.55. The molecule has 0 aromatic heterocycles. The van der Waals surface area contributed by atoms with Gasteiger partial charge in [-0.15, -0.1) is 0 Å². The van der Waals surface area contributed by atoms with Crippen LogP contribution < -0.4 is 0 Å². The minimum atomic E-state index is -0.00256. The summed E-state index contributed by atoms with van der Waals surface area (Å²) in [5.74, 6) is -0.00256. The lowest BCUT2D eigenvalue weighted by Crippen LogP contribution is -2.05. The van der Waals surface area contributed by atoms with Gasteiger partial charge in [0.1, 0.15) is 0 Å². The maximum atomic E-state index is 11.5. The number of ether oxygens (including phenoxy) is 1. The highest BCUT2D eigenvalue weighted by molar-refractivity contribution is 5.69. The zero-order valence-corrected chi connectivity index (χ0v) is 15.8. The molecule has 0 aliphatic rings. The predicted molar refractivity (Wildman–Crippen MR) is 101 cm³/mol.